The molecule has 4 rings (SSSR count). The largest absolute Gasteiger partial charge is 0.315 e. The first-order valence-corrected chi connectivity index (χ1v) is 11.0. The normalized spacial score (nSPS) is 14.8. The quantitative estimate of drug-likeness (QED) is 0.458. The number of benzene rings is 1. The number of amides is 1. The number of hydrogen-bond acceptors (Lipinski definition) is 5. The van der Waals surface area contributed by atoms with E-state index >= 15 is 0 Å². The zero-order valence-electron chi connectivity index (χ0n) is 15.9. The summed E-state index contributed by atoms with van der Waals surface area (Å²) >= 11 is 3.37. The van der Waals surface area contributed by atoms with E-state index in [-0.39, 0.29) is 11.2 Å². The Labute approximate surface area is 168 Å². The van der Waals surface area contributed by atoms with Crippen LogP contribution in [0.5, 0.6) is 0 Å². The Kier molecular flexibility index (Phi) is 5.19. The molecular weight excluding hydrogens is 374 g/mol. The lowest BCUT2D eigenvalue weighted by Crippen LogP contribution is -2.33. The summed E-state index contributed by atoms with van der Waals surface area (Å²) in [6.45, 7) is 3.90. The van der Waals surface area contributed by atoms with Crippen molar-refractivity contribution in [3.63, 3.8) is 0 Å². The molecule has 0 unspecified atom stereocenters. The van der Waals surface area contributed by atoms with Crippen LogP contribution in [0.25, 0.3) is 10.2 Å². The fourth-order valence-electron chi connectivity index (χ4n) is 3.58. The number of anilines is 1. The lowest BCUT2D eigenvalue weighted by atomic mass is 9.97. The van der Waals surface area contributed by atoms with E-state index in [0.717, 1.165) is 34.2 Å². The van der Waals surface area contributed by atoms with Crippen LogP contribution in [0, 0.1) is 6.92 Å². The molecule has 27 heavy (non-hydrogen) atoms. The van der Waals surface area contributed by atoms with Gasteiger partial charge in [0, 0.05) is 23.0 Å². The fourth-order valence-corrected chi connectivity index (χ4v) is 6.07. The zero-order chi connectivity index (χ0) is 19.0. The van der Waals surface area contributed by atoms with Crippen molar-refractivity contribution in [2.45, 2.75) is 49.8 Å². The van der Waals surface area contributed by atoms with Crippen LogP contribution < -0.4 is 4.90 Å². The summed E-state index contributed by atoms with van der Waals surface area (Å²) < 4.78 is 0. The Bertz CT molecular complexity index is 984. The summed E-state index contributed by atoms with van der Waals surface area (Å²) in [7, 11) is 1.84. The van der Waals surface area contributed by atoms with Gasteiger partial charge in [0.1, 0.15) is 15.7 Å². The molecule has 140 valence electrons. The van der Waals surface area contributed by atoms with E-state index in [0.29, 0.717) is 0 Å². The van der Waals surface area contributed by atoms with Crippen LogP contribution in [-0.4, -0.2) is 28.2 Å². The fraction of sp³-hybridized carbons (Fsp3) is 0.381. The molecule has 0 fully saturated rings. The van der Waals surface area contributed by atoms with Gasteiger partial charge in [-0.2, -0.15) is 0 Å². The second-order valence-electron chi connectivity index (χ2n) is 6.96. The van der Waals surface area contributed by atoms with Gasteiger partial charge in [-0.05, 0) is 57.2 Å². The Hall–Kier alpha value is -1.92. The topological polar surface area (TPSA) is 46.1 Å². The Morgan fingerprint density at radius 1 is 1.19 bits per heavy atom. The van der Waals surface area contributed by atoms with E-state index in [4.69, 9.17) is 4.98 Å². The first-order valence-electron chi connectivity index (χ1n) is 9.32. The summed E-state index contributed by atoms with van der Waals surface area (Å²) in [5.41, 5.74) is 2.33. The van der Waals surface area contributed by atoms with Crippen LogP contribution in [0.2, 0.25) is 0 Å². The van der Waals surface area contributed by atoms with Crippen LogP contribution in [0.15, 0.2) is 35.4 Å². The molecule has 2 heterocycles. The number of thioether (sulfide) groups is 1. The van der Waals surface area contributed by atoms with E-state index in [1.54, 1.807) is 28.0 Å². The van der Waals surface area contributed by atoms with Gasteiger partial charge in [-0.25, -0.2) is 9.97 Å². The molecule has 0 radical (unpaired) electrons. The highest BCUT2D eigenvalue weighted by Crippen LogP contribution is 2.40. The molecule has 1 aromatic carbocycles. The molecule has 1 atom stereocenters. The van der Waals surface area contributed by atoms with Crippen molar-refractivity contribution in [3.8, 4) is 0 Å². The van der Waals surface area contributed by atoms with Crippen LogP contribution in [-0.2, 0) is 17.6 Å². The number of aryl methyl sites for hydroxylation is 3. The molecule has 4 nitrogen and oxygen atoms in total. The molecule has 0 N–H and O–H groups in total. The molecule has 2 aromatic heterocycles. The van der Waals surface area contributed by atoms with E-state index < -0.39 is 0 Å². The highest BCUT2D eigenvalue weighted by Gasteiger charge is 2.25. The van der Waals surface area contributed by atoms with E-state index in [9.17, 15) is 4.79 Å². The van der Waals surface area contributed by atoms with Crippen molar-refractivity contribution >= 4 is 44.9 Å². The maximum atomic E-state index is 13.0. The number of rotatable bonds is 4. The first-order chi connectivity index (χ1) is 13.0. The Morgan fingerprint density at radius 2 is 1.93 bits per heavy atom. The Morgan fingerprint density at radius 3 is 2.70 bits per heavy atom. The molecule has 0 spiro atoms. The summed E-state index contributed by atoms with van der Waals surface area (Å²) in [4.78, 5) is 26.6. The van der Waals surface area contributed by atoms with Gasteiger partial charge in [-0.1, -0.05) is 30.0 Å². The van der Waals surface area contributed by atoms with Gasteiger partial charge in [0.25, 0.3) is 0 Å². The summed E-state index contributed by atoms with van der Waals surface area (Å²) in [6.07, 6.45) is 4.72. The zero-order valence-corrected chi connectivity index (χ0v) is 17.5. The van der Waals surface area contributed by atoms with Crippen LogP contribution in [0.3, 0.4) is 0 Å². The number of hydrogen-bond donors (Lipinski definition) is 0. The summed E-state index contributed by atoms with van der Waals surface area (Å²) in [5.74, 6) is 0.861. The van der Waals surface area contributed by atoms with Crippen LogP contribution in [0.1, 0.15) is 36.0 Å². The van der Waals surface area contributed by atoms with Crippen molar-refractivity contribution in [2.75, 3.05) is 11.9 Å². The van der Waals surface area contributed by atoms with Crippen LogP contribution >= 0.6 is 23.1 Å². The molecule has 6 heteroatoms. The maximum Gasteiger partial charge on any atom is 0.239 e. The predicted molar refractivity (Wildman–Crippen MR) is 114 cm³/mol. The maximum absolute atomic E-state index is 13.0. The summed E-state index contributed by atoms with van der Waals surface area (Å²) in [5, 5.41) is 1.93. The molecule has 1 amide bonds. The number of carbonyl (C=O) groups is 1. The standard InChI is InChI=1S/C21H23N3OS2/c1-13(21(25)24(3)15-9-5-4-6-10-15)26-19-18-16-11-7-8-12-17(16)27-20(18)23-14(2)22-19/h4-6,9-10,13H,7-8,11-12H2,1-3H3/t13-/m0/s1. The van der Waals surface area contributed by atoms with Crippen LogP contribution in [0.4, 0.5) is 5.69 Å². The number of fused-ring (bicyclic) bond motifs is 3. The monoisotopic (exact) mass is 397 g/mol. The lowest BCUT2D eigenvalue weighted by molar-refractivity contribution is -0.117. The molecule has 1 aliphatic rings. The third-order valence-corrected chi connectivity index (χ3v) is 7.26. The number of nitrogens with zero attached hydrogens (tertiary/aromatic N) is 3. The Balaban J connectivity index is 1.64. The van der Waals surface area contributed by atoms with Gasteiger partial charge >= 0.3 is 0 Å². The van der Waals surface area contributed by atoms with Gasteiger partial charge in [0.15, 0.2) is 0 Å². The number of para-hydroxylation sites is 1. The average molecular weight is 398 g/mol. The second kappa shape index (κ2) is 7.60. The van der Waals surface area contributed by atoms with Crippen molar-refractivity contribution in [2.24, 2.45) is 0 Å². The number of carbonyl (C=O) groups excluding carboxylic acids is 1. The third kappa shape index (κ3) is 3.60. The molecule has 0 saturated carbocycles. The SMILES string of the molecule is Cc1nc(S[C@@H](C)C(=O)N(C)c2ccccc2)c2c3c(sc2n1)CCCC3. The van der Waals surface area contributed by atoms with Gasteiger partial charge < -0.3 is 4.90 Å². The lowest BCUT2D eigenvalue weighted by Gasteiger charge is -2.21. The highest BCUT2D eigenvalue weighted by molar-refractivity contribution is 8.00. The first kappa shape index (κ1) is 18.4. The summed E-state index contributed by atoms with van der Waals surface area (Å²) in [6, 6.07) is 9.77. The predicted octanol–water partition coefficient (Wildman–Crippen LogP) is 5.02. The van der Waals surface area contributed by atoms with Gasteiger partial charge in [0.2, 0.25) is 5.91 Å². The number of thiophene rings is 1. The molecule has 0 aliphatic heterocycles. The second-order valence-corrected chi connectivity index (χ2v) is 9.37. The molecular formula is C21H23N3OS2. The van der Waals surface area contributed by atoms with Crippen molar-refractivity contribution < 1.29 is 4.79 Å². The van der Waals surface area contributed by atoms with Gasteiger partial charge in [-0.15, -0.1) is 11.3 Å². The average Bonchev–Trinajstić information content (AvgIpc) is 3.05. The van der Waals surface area contributed by atoms with Crippen molar-refractivity contribution in [1.29, 1.82) is 0 Å². The molecule has 0 bridgehead atoms. The van der Waals surface area contributed by atoms with E-state index in [2.05, 4.69) is 4.98 Å². The number of aromatic nitrogens is 2. The molecule has 3 aromatic rings. The molecule has 0 saturated heterocycles. The smallest absolute Gasteiger partial charge is 0.239 e. The van der Waals surface area contributed by atoms with Crippen molar-refractivity contribution in [3.05, 3.63) is 46.6 Å². The van der Waals surface area contributed by atoms with E-state index in [1.807, 2.05) is 51.2 Å². The van der Waals surface area contributed by atoms with Gasteiger partial charge in [0.05, 0.1) is 5.25 Å². The third-order valence-electron chi connectivity index (χ3n) is 5.00. The van der Waals surface area contributed by atoms with Crippen molar-refractivity contribution in [1.82, 2.24) is 9.97 Å². The van der Waals surface area contributed by atoms with E-state index in [1.165, 1.54) is 28.7 Å². The minimum Gasteiger partial charge on any atom is -0.315 e. The molecule has 1 aliphatic carbocycles. The highest BCUT2D eigenvalue weighted by atomic mass is 32.2. The minimum absolute atomic E-state index is 0.0831. The minimum atomic E-state index is -0.216. The van der Waals surface area contributed by atoms with Gasteiger partial charge in [-0.3, -0.25) is 4.79 Å².